The summed E-state index contributed by atoms with van der Waals surface area (Å²) in [5.74, 6) is 0.388. The number of piperidine rings is 1. The van der Waals surface area contributed by atoms with Crippen LogP contribution in [0.25, 0.3) is 5.57 Å². The number of allylic oxidation sites excluding steroid dienone is 1. The Morgan fingerprint density at radius 1 is 1.33 bits per heavy atom. The summed E-state index contributed by atoms with van der Waals surface area (Å²) < 4.78 is 5.41. The van der Waals surface area contributed by atoms with Gasteiger partial charge in [-0.15, -0.1) is 0 Å². The van der Waals surface area contributed by atoms with E-state index in [0.717, 1.165) is 24.1 Å². The molecule has 0 atom stereocenters. The third-order valence-electron chi connectivity index (χ3n) is 3.63. The zero-order valence-electron chi connectivity index (χ0n) is 13.1. The van der Waals surface area contributed by atoms with Gasteiger partial charge in [0.15, 0.2) is 0 Å². The van der Waals surface area contributed by atoms with Gasteiger partial charge in [-0.3, -0.25) is 4.98 Å². The Morgan fingerprint density at radius 3 is 2.52 bits per heavy atom. The zero-order chi connectivity index (χ0) is 15.5. The molecule has 4 heteroatoms. The molecular weight excluding hydrogens is 264 g/mol. The van der Waals surface area contributed by atoms with Crippen LogP contribution < -0.4 is 0 Å². The van der Waals surface area contributed by atoms with Crippen molar-refractivity contribution in [3.63, 3.8) is 0 Å². The Balaban J connectivity index is 1.89. The number of amides is 1. The maximum Gasteiger partial charge on any atom is 0.410 e. The minimum absolute atomic E-state index is 0.218. The molecular formula is C17H24N2O2. The minimum Gasteiger partial charge on any atom is -0.444 e. The standard InChI is InChI=1S/C17H24N2O2/c1-13(15-7-5-6-10-18-15)14-8-11-19(12-9-14)16(20)21-17(2,3)4/h5-7,10,14H,1,8-9,11-12H2,2-4H3. The van der Waals surface area contributed by atoms with Crippen LogP contribution in [0.1, 0.15) is 39.3 Å². The first-order valence-corrected chi connectivity index (χ1v) is 7.45. The Labute approximate surface area is 126 Å². The zero-order valence-corrected chi connectivity index (χ0v) is 13.1. The molecule has 0 unspecified atom stereocenters. The number of hydrogen-bond donors (Lipinski definition) is 0. The summed E-state index contributed by atoms with van der Waals surface area (Å²) in [6, 6.07) is 5.87. The number of rotatable bonds is 2. The van der Waals surface area contributed by atoms with Gasteiger partial charge < -0.3 is 9.64 Å². The number of pyridine rings is 1. The Bertz CT molecular complexity index is 497. The Morgan fingerprint density at radius 2 is 2.00 bits per heavy atom. The van der Waals surface area contributed by atoms with Crippen molar-refractivity contribution in [1.29, 1.82) is 0 Å². The summed E-state index contributed by atoms with van der Waals surface area (Å²) in [5, 5.41) is 0. The lowest BCUT2D eigenvalue weighted by molar-refractivity contribution is 0.0200. The first-order valence-electron chi connectivity index (χ1n) is 7.45. The molecule has 1 saturated heterocycles. The first-order chi connectivity index (χ1) is 9.87. The molecule has 0 radical (unpaired) electrons. The van der Waals surface area contributed by atoms with E-state index in [0.29, 0.717) is 19.0 Å². The van der Waals surface area contributed by atoms with E-state index in [2.05, 4.69) is 11.6 Å². The fraction of sp³-hybridized carbons (Fsp3) is 0.529. The maximum atomic E-state index is 12.0. The van der Waals surface area contributed by atoms with E-state index in [9.17, 15) is 4.79 Å². The third kappa shape index (κ3) is 4.31. The van der Waals surface area contributed by atoms with Crippen molar-refractivity contribution >= 4 is 11.7 Å². The van der Waals surface area contributed by atoms with Gasteiger partial charge in [0.2, 0.25) is 0 Å². The Kier molecular flexibility index (Phi) is 4.66. The molecule has 0 bridgehead atoms. The number of likely N-dealkylation sites (tertiary alicyclic amines) is 1. The molecule has 1 amide bonds. The lowest BCUT2D eigenvalue weighted by Crippen LogP contribution is -2.41. The lowest BCUT2D eigenvalue weighted by atomic mass is 9.88. The van der Waals surface area contributed by atoms with E-state index in [1.54, 1.807) is 11.1 Å². The van der Waals surface area contributed by atoms with Crippen LogP contribution in [0, 0.1) is 5.92 Å². The average molecular weight is 288 g/mol. The van der Waals surface area contributed by atoms with E-state index in [4.69, 9.17) is 4.74 Å². The van der Waals surface area contributed by atoms with Gasteiger partial charge in [0, 0.05) is 19.3 Å². The molecule has 2 heterocycles. The smallest absolute Gasteiger partial charge is 0.410 e. The Hall–Kier alpha value is -1.84. The molecule has 0 aromatic carbocycles. The molecule has 0 N–H and O–H groups in total. The van der Waals surface area contributed by atoms with Gasteiger partial charge in [0.05, 0.1) is 5.69 Å². The average Bonchev–Trinajstić information content (AvgIpc) is 2.46. The number of ether oxygens (including phenoxy) is 1. The largest absolute Gasteiger partial charge is 0.444 e. The number of nitrogens with zero attached hydrogens (tertiary/aromatic N) is 2. The van der Waals surface area contributed by atoms with Crippen molar-refractivity contribution in [1.82, 2.24) is 9.88 Å². The van der Waals surface area contributed by atoms with Gasteiger partial charge in [-0.1, -0.05) is 12.6 Å². The number of carbonyl (C=O) groups excluding carboxylic acids is 1. The third-order valence-corrected chi connectivity index (χ3v) is 3.63. The number of hydrogen-bond acceptors (Lipinski definition) is 3. The van der Waals surface area contributed by atoms with Crippen molar-refractivity contribution in [3.8, 4) is 0 Å². The quantitative estimate of drug-likeness (QED) is 0.832. The van der Waals surface area contributed by atoms with Crippen LogP contribution in [0.4, 0.5) is 4.79 Å². The fourth-order valence-electron chi connectivity index (χ4n) is 2.50. The summed E-state index contributed by atoms with van der Waals surface area (Å²) in [5.41, 5.74) is 1.58. The van der Waals surface area contributed by atoms with Gasteiger partial charge >= 0.3 is 6.09 Å². The summed E-state index contributed by atoms with van der Waals surface area (Å²) in [4.78, 5) is 18.2. The van der Waals surface area contributed by atoms with Crippen LogP contribution in [0.15, 0.2) is 31.0 Å². The molecule has 4 nitrogen and oxygen atoms in total. The topological polar surface area (TPSA) is 42.4 Å². The predicted octanol–water partition coefficient (Wildman–Crippen LogP) is 3.74. The lowest BCUT2D eigenvalue weighted by Gasteiger charge is -2.34. The van der Waals surface area contributed by atoms with Gasteiger partial charge in [0.25, 0.3) is 0 Å². The second-order valence-electron chi connectivity index (χ2n) is 6.48. The minimum atomic E-state index is -0.439. The van der Waals surface area contributed by atoms with Crippen molar-refractivity contribution in [2.24, 2.45) is 5.92 Å². The summed E-state index contributed by atoms with van der Waals surface area (Å²) >= 11 is 0. The summed E-state index contributed by atoms with van der Waals surface area (Å²) in [6.45, 7) is 11.3. The van der Waals surface area contributed by atoms with Crippen LogP contribution in [-0.2, 0) is 4.74 Å². The van der Waals surface area contributed by atoms with E-state index in [1.165, 1.54) is 0 Å². The highest BCUT2D eigenvalue weighted by atomic mass is 16.6. The van der Waals surface area contributed by atoms with Gasteiger partial charge in [-0.2, -0.15) is 0 Å². The van der Waals surface area contributed by atoms with E-state index < -0.39 is 5.60 Å². The number of aromatic nitrogens is 1. The number of carbonyl (C=O) groups is 1. The fourth-order valence-corrected chi connectivity index (χ4v) is 2.50. The van der Waals surface area contributed by atoms with Crippen LogP contribution in [0.5, 0.6) is 0 Å². The van der Waals surface area contributed by atoms with Crippen molar-refractivity contribution in [2.45, 2.75) is 39.2 Å². The molecule has 114 valence electrons. The second kappa shape index (κ2) is 6.29. The van der Waals surface area contributed by atoms with Crippen LogP contribution in [-0.4, -0.2) is 34.7 Å². The van der Waals surface area contributed by atoms with Gasteiger partial charge in [-0.05, 0) is 57.2 Å². The van der Waals surface area contributed by atoms with Crippen LogP contribution >= 0.6 is 0 Å². The molecule has 0 aliphatic carbocycles. The summed E-state index contributed by atoms with van der Waals surface area (Å²) in [7, 11) is 0. The predicted molar refractivity (Wildman–Crippen MR) is 83.8 cm³/mol. The molecule has 0 saturated carbocycles. The monoisotopic (exact) mass is 288 g/mol. The summed E-state index contributed by atoms with van der Waals surface area (Å²) in [6.07, 6.45) is 3.39. The molecule has 0 spiro atoms. The van der Waals surface area contributed by atoms with Crippen molar-refractivity contribution < 1.29 is 9.53 Å². The van der Waals surface area contributed by atoms with Gasteiger partial charge in [-0.25, -0.2) is 4.79 Å². The highest BCUT2D eigenvalue weighted by Gasteiger charge is 2.28. The second-order valence-corrected chi connectivity index (χ2v) is 6.48. The molecule has 1 aliphatic heterocycles. The van der Waals surface area contributed by atoms with Crippen LogP contribution in [0.2, 0.25) is 0 Å². The van der Waals surface area contributed by atoms with Gasteiger partial charge in [0.1, 0.15) is 5.60 Å². The highest BCUT2D eigenvalue weighted by Crippen LogP contribution is 2.29. The molecule has 1 aromatic rings. The molecule has 21 heavy (non-hydrogen) atoms. The van der Waals surface area contributed by atoms with Crippen molar-refractivity contribution in [2.75, 3.05) is 13.1 Å². The molecule has 2 rings (SSSR count). The van der Waals surface area contributed by atoms with Crippen molar-refractivity contribution in [3.05, 3.63) is 36.7 Å². The highest BCUT2D eigenvalue weighted by molar-refractivity contribution is 5.69. The maximum absolute atomic E-state index is 12.0. The SMILES string of the molecule is C=C(c1ccccn1)C1CCN(C(=O)OC(C)(C)C)CC1. The molecule has 1 aliphatic rings. The molecule has 1 fully saturated rings. The normalized spacial score (nSPS) is 16.6. The first kappa shape index (κ1) is 15.5. The van der Waals surface area contributed by atoms with E-state index in [1.807, 2.05) is 39.0 Å². The molecule has 1 aromatic heterocycles. The van der Waals surface area contributed by atoms with E-state index in [-0.39, 0.29) is 6.09 Å². The van der Waals surface area contributed by atoms with Crippen LogP contribution in [0.3, 0.4) is 0 Å². The van der Waals surface area contributed by atoms with E-state index >= 15 is 0 Å².